The molecule has 0 fully saturated rings. The van der Waals surface area contributed by atoms with E-state index < -0.39 is 0 Å². The van der Waals surface area contributed by atoms with Crippen LogP contribution < -0.4 is 9.88 Å². The Kier molecular flexibility index (Phi) is 25.5. The van der Waals surface area contributed by atoms with Crippen LogP contribution in [-0.2, 0) is 56.1 Å². The lowest BCUT2D eigenvalue weighted by atomic mass is 10.1. The van der Waals surface area contributed by atoms with Crippen molar-refractivity contribution in [1.82, 2.24) is 0 Å². The number of anilines is 1. The number of aliphatic hydroxyl groups excluding tert-OH is 1. The van der Waals surface area contributed by atoms with Gasteiger partial charge >= 0.3 is 5.13 Å². The van der Waals surface area contributed by atoms with Gasteiger partial charge in [-0.25, -0.2) is 4.57 Å². The Labute approximate surface area is 311 Å². The molecule has 0 radical (unpaired) electrons. The standard InChI is InChI=1S/C37H56N4O10S/c1-41-11-30-52-37(41)40-39-35-9-7-34(8-10-35)38-36(31-33-5-3-2-4-6-33)32-51-29-28-50-27-26-49-25-24-48-23-22-47-21-20-46-19-18-45-17-16-44-15-14-43-13-12-42/h2-11,30,36,42H,12-29,31-32H2,1H3/p+1. The molecule has 3 rings (SSSR count). The van der Waals surface area contributed by atoms with Crippen LogP contribution >= 0.6 is 11.3 Å². The predicted molar refractivity (Wildman–Crippen MR) is 198 cm³/mol. The second-order valence-corrected chi connectivity index (χ2v) is 12.1. The van der Waals surface area contributed by atoms with Gasteiger partial charge in [-0.1, -0.05) is 30.3 Å². The maximum atomic E-state index is 8.61. The Bertz CT molecular complexity index is 1270. The van der Waals surface area contributed by atoms with Gasteiger partial charge in [0.15, 0.2) is 0 Å². The maximum absolute atomic E-state index is 8.61. The Morgan fingerprint density at radius 1 is 0.596 bits per heavy atom. The monoisotopic (exact) mass is 749 g/mol. The molecule has 1 heterocycles. The van der Waals surface area contributed by atoms with E-state index in [4.69, 9.17) is 47.7 Å². The molecule has 0 spiro atoms. The van der Waals surface area contributed by atoms with E-state index >= 15 is 0 Å². The lowest BCUT2D eigenvalue weighted by Gasteiger charge is -2.20. The van der Waals surface area contributed by atoms with Crippen LogP contribution in [0.4, 0.5) is 16.5 Å². The van der Waals surface area contributed by atoms with Gasteiger partial charge in [-0.3, -0.25) is 0 Å². The van der Waals surface area contributed by atoms with E-state index in [1.165, 1.54) is 5.56 Å². The van der Waals surface area contributed by atoms with Crippen LogP contribution in [0.2, 0.25) is 0 Å². The molecule has 1 atom stereocenters. The van der Waals surface area contributed by atoms with E-state index in [2.05, 4.69) is 39.8 Å². The number of rotatable bonds is 34. The zero-order valence-corrected chi connectivity index (χ0v) is 31.3. The van der Waals surface area contributed by atoms with Crippen LogP contribution in [0.15, 0.2) is 76.4 Å². The molecule has 0 aliphatic carbocycles. The zero-order valence-electron chi connectivity index (χ0n) is 30.4. The number of hydrogen-bond acceptors (Lipinski definition) is 14. The van der Waals surface area contributed by atoms with Gasteiger partial charge in [0.05, 0.1) is 144 Å². The van der Waals surface area contributed by atoms with Gasteiger partial charge in [-0.15, -0.1) is 0 Å². The van der Waals surface area contributed by atoms with E-state index in [1.54, 1.807) is 11.3 Å². The molecule has 0 aliphatic heterocycles. The molecule has 52 heavy (non-hydrogen) atoms. The second kappa shape index (κ2) is 30.5. The number of azo groups is 1. The van der Waals surface area contributed by atoms with E-state index in [0.717, 1.165) is 22.9 Å². The minimum atomic E-state index is 0.0231. The first-order valence-corrected chi connectivity index (χ1v) is 18.7. The smallest absolute Gasteiger partial charge is 0.394 e. The molecule has 0 saturated heterocycles. The lowest BCUT2D eigenvalue weighted by molar-refractivity contribution is -0.654. The number of nitrogens with zero attached hydrogens (tertiary/aromatic N) is 3. The minimum absolute atomic E-state index is 0.0231. The van der Waals surface area contributed by atoms with Crippen molar-refractivity contribution < 1.29 is 52.3 Å². The molecule has 14 nitrogen and oxygen atoms in total. The zero-order chi connectivity index (χ0) is 36.6. The van der Waals surface area contributed by atoms with E-state index in [0.29, 0.717) is 119 Å². The molecule has 15 heteroatoms. The molecular weight excluding hydrogens is 692 g/mol. The number of aryl methyl sites for hydroxylation is 1. The summed E-state index contributed by atoms with van der Waals surface area (Å²) in [5.74, 6) is 0. The van der Waals surface area contributed by atoms with Gasteiger partial charge in [0, 0.05) is 11.1 Å². The summed E-state index contributed by atoms with van der Waals surface area (Å²) in [6, 6.07) is 18.4. The Morgan fingerprint density at radius 3 is 1.50 bits per heavy atom. The van der Waals surface area contributed by atoms with Crippen molar-refractivity contribution in [1.29, 1.82) is 0 Å². The fraction of sp³-hybridized carbons (Fsp3) is 0.595. The van der Waals surface area contributed by atoms with Crippen molar-refractivity contribution in [3.05, 3.63) is 71.7 Å². The molecule has 0 bridgehead atoms. The van der Waals surface area contributed by atoms with Gasteiger partial charge in [0.25, 0.3) is 0 Å². The number of aliphatic hydroxyl groups is 1. The highest BCUT2D eigenvalue weighted by Crippen LogP contribution is 2.21. The van der Waals surface area contributed by atoms with Gasteiger partial charge in [-0.2, -0.15) is 0 Å². The molecule has 3 aromatic rings. The van der Waals surface area contributed by atoms with Gasteiger partial charge in [0.1, 0.15) is 11.9 Å². The first-order valence-electron chi connectivity index (χ1n) is 17.8. The third kappa shape index (κ3) is 22.2. The molecular formula is C37H57N4O10S+. The fourth-order valence-corrected chi connectivity index (χ4v) is 5.16. The van der Waals surface area contributed by atoms with E-state index in [9.17, 15) is 0 Å². The van der Waals surface area contributed by atoms with Crippen LogP contribution in [0.25, 0.3) is 0 Å². The summed E-state index contributed by atoms with van der Waals surface area (Å²) >= 11 is 1.55. The third-order valence-electron chi connectivity index (χ3n) is 7.10. The fourth-order valence-electron chi connectivity index (χ4n) is 4.48. The quantitative estimate of drug-likeness (QED) is 0.0517. The Morgan fingerprint density at radius 2 is 1.06 bits per heavy atom. The van der Waals surface area contributed by atoms with Crippen molar-refractivity contribution in [3.8, 4) is 0 Å². The number of benzene rings is 2. The maximum Gasteiger partial charge on any atom is 0.408 e. The SMILES string of the molecule is C[n+]1ccsc1/N=N/c1ccc(NC(COCCOCCOCCOCCOCCOCCOCCOCCOCCO)Cc2ccccc2)cc1. The number of aromatic nitrogens is 1. The number of thiazole rings is 1. The number of nitrogens with one attached hydrogen (secondary N) is 1. The highest BCUT2D eigenvalue weighted by atomic mass is 32.1. The average molecular weight is 750 g/mol. The molecule has 1 unspecified atom stereocenters. The Hall–Kier alpha value is -2.93. The summed E-state index contributed by atoms with van der Waals surface area (Å²) in [5, 5.41) is 23.7. The van der Waals surface area contributed by atoms with Gasteiger partial charge < -0.3 is 53.1 Å². The number of ether oxygens (including phenoxy) is 9. The van der Waals surface area contributed by atoms with Crippen LogP contribution in [0.1, 0.15) is 5.56 Å². The van der Waals surface area contributed by atoms with E-state index in [-0.39, 0.29) is 12.6 Å². The first-order chi connectivity index (χ1) is 25.7. The summed E-state index contributed by atoms with van der Waals surface area (Å²) in [4.78, 5) is 0. The molecule has 0 saturated carbocycles. The normalized spacial score (nSPS) is 12.2. The summed E-state index contributed by atoms with van der Waals surface area (Å²) in [6.07, 6.45) is 2.79. The Balaban J connectivity index is 1.11. The van der Waals surface area contributed by atoms with Gasteiger partial charge in [-0.05, 0) is 52.7 Å². The van der Waals surface area contributed by atoms with Crippen LogP contribution in [0, 0.1) is 0 Å². The van der Waals surface area contributed by atoms with E-state index in [1.807, 2.05) is 53.5 Å². The molecule has 1 aromatic heterocycles. The largest absolute Gasteiger partial charge is 0.408 e. The molecule has 0 amide bonds. The van der Waals surface area contributed by atoms with Crippen LogP contribution in [0.3, 0.4) is 0 Å². The highest BCUT2D eigenvalue weighted by molar-refractivity contribution is 7.12. The van der Waals surface area contributed by atoms with Crippen molar-refractivity contribution in [2.24, 2.45) is 17.3 Å². The molecule has 290 valence electrons. The summed E-state index contributed by atoms with van der Waals surface area (Å²) in [6.45, 7) is 8.82. The molecule has 2 N–H and O–H groups in total. The molecule has 0 aliphatic rings. The second-order valence-electron chi connectivity index (χ2n) is 11.3. The van der Waals surface area contributed by atoms with Crippen LogP contribution in [0.5, 0.6) is 0 Å². The van der Waals surface area contributed by atoms with Gasteiger partial charge in [0.2, 0.25) is 0 Å². The first kappa shape index (κ1) is 43.5. The van der Waals surface area contributed by atoms with Crippen molar-refractivity contribution >= 4 is 27.8 Å². The van der Waals surface area contributed by atoms with Crippen molar-refractivity contribution in [2.75, 3.05) is 131 Å². The minimum Gasteiger partial charge on any atom is -0.394 e. The number of hydrogen-bond donors (Lipinski definition) is 2. The average Bonchev–Trinajstić information content (AvgIpc) is 3.58. The predicted octanol–water partition coefficient (Wildman–Crippen LogP) is 4.15. The summed E-state index contributed by atoms with van der Waals surface area (Å²) < 4.78 is 51.6. The third-order valence-corrected chi connectivity index (χ3v) is 7.94. The lowest BCUT2D eigenvalue weighted by Crippen LogP contribution is -2.28. The van der Waals surface area contributed by atoms with Crippen molar-refractivity contribution in [2.45, 2.75) is 12.5 Å². The summed E-state index contributed by atoms with van der Waals surface area (Å²) in [7, 11) is 1.95. The van der Waals surface area contributed by atoms with Crippen molar-refractivity contribution in [3.63, 3.8) is 0 Å². The topological polar surface area (TPSA) is 144 Å². The highest BCUT2D eigenvalue weighted by Gasteiger charge is 2.11. The molecule has 2 aromatic carbocycles. The summed E-state index contributed by atoms with van der Waals surface area (Å²) in [5.41, 5.74) is 3.03. The van der Waals surface area contributed by atoms with Crippen LogP contribution in [-0.4, -0.2) is 137 Å².